The molecule has 2 unspecified atom stereocenters. The molecule has 2 amide bonds. The lowest BCUT2D eigenvalue weighted by atomic mass is 10.0. The van der Waals surface area contributed by atoms with Crippen LogP contribution in [-0.2, 0) is 19.4 Å². The number of hydrogen-bond donors (Lipinski definition) is 2. The molecular formula is C11H18N2O6S. The second-order valence-electron chi connectivity index (χ2n) is 5.48. The third-order valence-electron chi connectivity index (χ3n) is 3.54. The van der Waals surface area contributed by atoms with E-state index in [0.717, 1.165) is 0 Å². The average Bonchev–Trinajstić information content (AvgIpc) is 2.63. The monoisotopic (exact) mass is 306 g/mol. The molecule has 2 aliphatic rings. The van der Waals surface area contributed by atoms with Crippen LogP contribution in [0.25, 0.3) is 0 Å². The lowest BCUT2D eigenvalue weighted by Gasteiger charge is -2.34. The number of hydrogen-bond acceptors (Lipinski definition) is 5. The van der Waals surface area contributed by atoms with Gasteiger partial charge in [0.1, 0.15) is 0 Å². The van der Waals surface area contributed by atoms with Crippen molar-refractivity contribution >= 4 is 21.8 Å². The summed E-state index contributed by atoms with van der Waals surface area (Å²) in [4.78, 5) is 24.3. The van der Waals surface area contributed by atoms with E-state index in [1.165, 1.54) is 4.90 Å². The van der Waals surface area contributed by atoms with Gasteiger partial charge in [-0.05, 0) is 13.3 Å². The van der Waals surface area contributed by atoms with Crippen molar-refractivity contribution in [3.8, 4) is 0 Å². The first kappa shape index (κ1) is 15.0. The lowest BCUT2D eigenvalue weighted by molar-refractivity contribution is -0.154. The van der Waals surface area contributed by atoms with E-state index in [1.807, 2.05) is 0 Å². The second-order valence-corrected chi connectivity index (χ2v) is 7.66. The minimum Gasteiger partial charge on any atom is -0.479 e. The average molecular weight is 306 g/mol. The van der Waals surface area contributed by atoms with Crippen LogP contribution < -0.4 is 5.32 Å². The largest absolute Gasteiger partial charge is 0.479 e. The summed E-state index contributed by atoms with van der Waals surface area (Å²) < 4.78 is 28.0. The van der Waals surface area contributed by atoms with Gasteiger partial charge in [0, 0.05) is 6.54 Å². The van der Waals surface area contributed by atoms with E-state index in [9.17, 15) is 18.0 Å². The molecule has 2 rings (SSSR count). The van der Waals surface area contributed by atoms with Gasteiger partial charge in [-0.1, -0.05) is 0 Å². The number of sulfone groups is 1. The molecule has 8 nitrogen and oxygen atoms in total. The summed E-state index contributed by atoms with van der Waals surface area (Å²) in [6, 6.07) is -0.445. The zero-order valence-corrected chi connectivity index (χ0v) is 12.0. The predicted octanol–water partition coefficient (Wildman–Crippen LogP) is -0.941. The zero-order chi connectivity index (χ0) is 15.0. The first-order valence-corrected chi connectivity index (χ1v) is 8.15. The van der Waals surface area contributed by atoms with E-state index in [4.69, 9.17) is 9.84 Å². The van der Waals surface area contributed by atoms with Crippen molar-refractivity contribution in [3.05, 3.63) is 0 Å². The van der Waals surface area contributed by atoms with Gasteiger partial charge in [-0.3, -0.25) is 0 Å². The van der Waals surface area contributed by atoms with Crippen molar-refractivity contribution < 1.29 is 27.9 Å². The molecule has 0 bridgehead atoms. The van der Waals surface area contributed by atoms with Crippen LogP contribution in [0.3, 0.4) is 0 Å². The molecule has 0 aromatic carbocycles. The molecule has 0 aliphatic carbocycles. The Labute approximate surface area is 117 Å². The molecule has 9 heteroatoms. The van der Waals surface area contributed by atoms with Crippen molar-refractivity contribution in [2.75, 3.05) is 31.2 Å². The van der Waals surface area contributed by atoms with E-state index < -0.39 is 33.5 Å². The van der Waals surface area contributed by atoms with Crippen molar-refractivity contribution in [3.63, 3.8) is 0 Å². The number of nitrogens with one attached hydrogen (secondary N) is 1. The molecule has 2 saturated heterocycles. The first-order valence-electron chi connectivity index (χ1n) is 6.33. The van der Waals surface area contributed by atoms with Gasteiger partial charge < -0.3 is 20.1 Å². The number of rotatable bonds is 2. The molecule has 0 aromatic rings. The van der Waals surface area contributed by atoms with Gasteiger partial charge in [-0.15, -0.1) is 0 Å². The Bertz CT molecular complexity index is 519. The van der Waals surface area contributed by atoms with Crippen LogP contribution in [0, 0.1) is 0 Å². The van der Waals surface area contributed by atoms with E-state index in [0.29, 0.717) is 13.0 Å². The molecule has 2 atom stereocenters. The Morgan fingerprint density at radius 3 is 2.70 bits per heavy atom. The SMILES string of the molecule is CC1(NC(=O)N2CCOC(C(=O)O)C2)CCS(=O)(=O)C1. The number of urea groups is 1. The van der Waals surface area contributed by atoms with Crippen LogP contribution in [0.15, 0.2) is 0 Å². The summed E-state index contributed by atoms with van der Waals surface area (Å²) in [7, 11) is -3.11. The summed E-state index contributed by atoms with van der Waals surface area (Å²) in [5, 5.41) is 11.6. The van der Waals surface area contributed by atoms with Crippen LogP contribution in [0.4, 0.5) is 4.79 Å². The Kier molecular flexibility index (Phi) is 3.92. The van der Waals surface area contributed by atoms with Crippen molar-refractivity contribution in [2.45, 2.75) is 25.0 Å². The smallest absolute Gasteiger partial charge is 0.334 e. The third-order valence-corrected chi connectivity index (χ3v) is 5.44. The van der Waals surface area contributed by atoms with E-state index >= 15 is 0 Å². The van der Waals surface area contributed by atoms with Gasteiger partial charge in [0.05, 0.1) is 30.2 Å². The fourth-order valence-electron chi connectivity index (χ4n) is 2.43. The number of carbonyl (C=O) groups is 2. The Morgan fingerprint density at radius 2 is 2.15 bits per heavy atom. The van der Waals surface area contributed by atoms with Gasteiger partial charge in [0.15, 0.2) is 15.9 Å². The maximum absolute atomic E-state index is 12.1. The van der Waals surface area contributed by atoms with Crippen molar-refractivity contribution in [1.29, 1.82) is 0 Å². The van der Waals surface area contributed by atoms with Crippen molar-refractivity contribution in [2.24, 2.45) is 0 Å². The topological polar surface area (TPSA) is 113 Å². The molecule has 0 radical (unpaired) electrons. The van der Waals surface area contributed by atoms with Crippen LogP contribution in [0.2, 0.25) is 0 Å². The summed E-state index contributed by atoms with van der Waals surface area (Å²) in [6.07, 6.45) is -0.664. The molecule has 0 saturated carbocycles. The number of aliphatic carboxylic acids is 1. The van der Waals surface area contributed by atoms with E-state index in [-0.39, 0.29) is 24.7 Å². The summed E-state index contributed by atoms with van der Waals surface area (Å²) >= 11 is 0. The molecule has 114 valence electrons. The highest BCUT2D eigenvalue weighted by Gasteiger charge is 2.41. The van der Waals surface area contributed by atoms with Crippen LogP contribution >= 0.6 is 0 Å². The maximum Gasteiger partial charge on any atom is 0.334 e. The quantitative estimate of drug-likeness (QED) is 0.680. The molecule has 2 N–H and O–H groups in total. The van der Waals surface area contributed by atoms with E-state index in [2.05, 4.69) is 5.32 Å². The first-order chi connectivity index (χ1) is 9.21. The maximum atomic E-state index is 12.1. The Hall–Kier alpha value is -1.35. The standard InChI is InChI=1S/C11H18N2O6S/c1-11(2-5-20(17,18)7-11)12-10(16)13-3-4-19-8(6-13)9(14)15/h8H,2-7H2,1H3,(H,12,16)(H,14,15). The molecular weight excluding hydrogens is 288 g/mol. The van der Waals surface area contributed by atoms with Crippen LogP contribution in [0.5, 0.6) is 0 Å². The number of carboxylic acid groups (broad SMARTS) is 1. The highest BCUT2D eigenvalue weighted by molar-refractivity contribution is 7.91. The number of carboxylic acids is 1. The number of ether oxygens (including phenoxy) is 1. The summed E-state index contributed by atoms with van der Waals surface area (Å²) in [5.74, 6) is -1.14. The van der Waals surface area contributed by atoms with Gasteiger partial charge >= 0.3 is 12.0 Å². The Balaban J connectivity index is 1.97. The van der Waals surface area contributed by atoms with Gasteiger partial charge in [-0.2, -0.15) is 0 Å². The Morgan fingerprint density at radius 1 is 1.45 bits per heavy atom. The molecule has 2 heterocycles. The number of morpholine rings is 1. The molecule has 0 aromatic heterocycles. The minimum absolute atomic E-state index is 0.0377. The lowest BCUT2D eigenvalue weighted by Crippen LogP contribution is -2.57. The summed E-state index contributed by atoms with van der Waals surface area (Å²) in [5.41, 5.74) is -0.785. The number of carbonyl (C=O) groups excluding carboxylic acids is 1. The van der Waals surface area contributed by atoms with E-state index in [1.54, 1.807) is 6.92 Å². The molecule has 2 aliphatic heterocycles. The van der Waals surface area contributed by atoms with Crippen molar-refractivity contribution in [1.82, 2.24) is 10.2 Å². The summed E-state index contributed by atoms with van der Waals surface area (Å²) in [6.45, 7) is 2.09. The normalized spacial score (nSPS) is 32.9. The highest BCUT2D eigenvalue weighted by atomic mass is 32.2. The highest BCUT2D eigenvalue weighted by Crippen LogP contribution is 2.23. The third kappa shape index (κ3) is 3.40. The fraction of sp³-hybridized carbons (Fsp3) is 0.818. The van der Waals surface area contributed by atoms with Gasteiger partial charge in [-0.25, -0.2) is 18.0 Å². The van der Waals surface area contributed by atoms with Crippen LogP contribution in [0.1, 0.15) is 13.3 Å². The van der Waals surface area contributed by atoms with Crippen LogP contribution in [-0.4, -0.2) is 73.3 Å². The number of nitrogens with zero attached hydrogens (tertiary/aromatic N) is 1. The molecule has 20 heavy (non-hydrogen) atoms. The molecule has 0 spiro atoms. The fourth-order valence-corrected chi connectivity index (χ4v) is 4.52. The van der Waals surface area contributed by atoms with Gasteiger partial charge in [0.2, 0.25) is 0 Å². The van der Waals surface area contributed by atoms with Gasteiger partial charge in [0.25, 0.3) is 0 Å². The molecule has 2 fully saturated rings. The zero-order valence-electron chi connectivity index (χ0n) is 11.2. The minimum atomic E-state index is -3.11. The predicted molar refractivity (Wildman–Crippen MR) is 69.2 cm³/mol. The second kappa shape index (κ2) is 5.21. The number of amides is 2.